The molecule has 0 radical (unpaired) electrons. The van der Waals surface area contributed by atoms with Crippen LogP contribution in [0.1, 0.15) is 19.8 Å². The maximum absolute atomic E-state index is 13.0. The van der Waals surface area contributed by atoms with E-state index in [-0.39, 0.29) is 17.7 Å². The van der Waals surface area contributed by atoms with Gasteiger partial charge in [0.05, 0.1) is 5.69 Å². The number of carbonyl (C=O) groups excluding carboxylic acids is 2. The Hall–Kier alpha value is -3.15. The number of nitrogens with one attached hydrogen (secondary N) is 1. The average Bonchev–Trinajstić information content (AvgIpc) is 3.36. The van der Waals surface area contributed by atoms with Gasteiger partial charge in [0, 0.05) is 31.2 Å². The van der Waals surface area contributed by atoms with E-state index < -0.39 is 6.04 Å². The molecule has 1 saturated heterocycles. The zero-order valence-corrected chi connectivity index (χ0v) is 15.9. The Balaban J connectivity index is 1.45. The van der Waals surface area contributed by atoms with Crippen LogP contribution in [0.4, 0.5) is 11.4 Å². The van der Waals surface area contributed by atoms with Gasteiger partial charge in [0.15, 0.2) is 5.78 Å². The molecule has 2 aliphatic rings. The monoisotopic (exact) mass is 376 g/mol. The van der Waals surface area contributed by atoms with Crippen LogP contribution in [-0.2, 0) is 9.59 Å². The Morgan fingerprint density at radius 1 is 1.04 bits per heavy atom. The number of hydrogen-bond acceptors (Lipinski definition) is 5. The van der Waals surface area contributed by atoms with E-state index in [1.807, 2.05) is 65.6 Å². The second-order valence-electron chi connectivity index (χ2n) is 7.30. The first kappa shape index (κ1) is 18.2. The zero-order chi connectivity index (χ0) is 19.5. The van der Waals surface area contributed by atoms with Crippen molar-refractivity contribution in [3.05, 3.63) is 60.7 Å². The molecule has 144 valence electrons. The Bertz CT molecular complexity index is 882. The number of carbonyl (C=O) groups is 2. The molecule has 28 heavy (non-hydrogen) atoms. The van der Waals surface area contributed by atoms with Crippen molar-refractivity contribution in [3.63, 3.8) is 0 Å². The highest BCUT2D eigenvalue weighted by atomic mass is 16.2. The summed E-state index contributed by atoms with van der Waals surface area (Å²) in [7, 11) is 0. The summed E-state index contributed by atoms with van der Waals surface area (Å²) in [5.41, 5.74) is 2.35. The van der Waals surface area contributed by atoms with Gasteiger partial charge in [-0.3, -0.25) is 14.6 Å². The van der Waals surface area contributed by atoms with Gasteiger partial charge in [-0.25, -0.2) is 0 Å². The lowest BCUT2D eigenvalue weighted by Gasteiger charge is -2.20. The summed E-state index contributed by atoms with van der Waals surface area (Å²) in [6.45, 7) is 2.89. The van der Waals surface area contributed by atoms with Gasteiger partial charge in [-0.2, -0.15) is 5.10 Å². The van der Waals surface area contributed by atoms with Gasteiger partial charge >= 0.3 is 0 Å². The van der Waals surface area contributed by atoms with Crippen LogP contribution in [0.15, 0.2) is 65.8 Å². The fourth-order valence-electron chi connectivity index (χ4n) is 3.79. The first-order valence-corrected chi connectivity index (χ1v) is 9.65. The van der Waals surface area contributed by atoms with E-state index >= 15 is 0 Å². The highest BCUT2D eigenvalue weighted by Gasteiger charge is 2.37. The SMILES string of the molecule is CC(=O)C1CC(C(=O)N2CCC(Nc3ccccc3)C2)=NN1c1ccccc1. The zero-order valence-electron chi connectivity index (χ0n) is 15.9. The van der Waals surface area contributed by atoms with Crippen molar-refractivity contribution in [2.24, 2.45) is 5.10 Å². The third kappa shape index (κ3) is 3.76. The van der Waals surface area contributed by atoms with Gasteiger partial charge in [0.25, 0.3) is 5.91 Å². The molecule has 2 aromatic rings. The van der Waals surface area contributed by atoms with E-state index in [4.69, 9.17) is 0 Å². The van der Waals surface area contributed by atoms with Crippen molar-refractivity contribution in [2.45, 2.75) is 31.8 Å². The highest BCUT2D eigenvalue weighted by Crippen LogP contribution is 2.26. The molecule has 6 nitrogen and oxygen atoms in total. The van der Waals surface area contributed by atoms with Gasteiger partial charge in [-0.15, -0.1) is 0 Å². The molecular weight excluding hydrogens is 352 g/mol. The smallest absolute Gasteiger partial charge is 0.270 e. The molecule has 0 bridgehead atoms. The first-order valence-electron chi connectivity index (χ1n) is 9.65. The molecule has 6 heteroatoms. The highest BCUT2D eigenvalue weighted by molar-refractivity contribution is 6.40. The third-order valence-corrected chi connectivity index (χ3v) is 5.27. The molecule has 1 N–H and O–H groups in total. The molecule has 4 rings (SSSR count). The van der Waals surface area contributed by atoms with Crippen molar-refractivity contribution in [1.82, 2.24) is 4.90 Å². The van der Waals surface area contributed by atoms with E-state index in [0.717, 1.165) is 17.8 Å². The quantitative estimate of drug-likeness (QED) is 0.871. The normalized spacial score (nSPS) is 21.5. The summed E-state index contributed by atoms with van der Waals surface area (Å²) in [5, 5.41) is 9.70. The Labute approximate surface area is 164 Å². The number of hydrazone groups is 1. The molecule has 0 saturated carbocycles. The van der Waals surface area contributed by atoms with Gasteiger partial charge in [-0.05, 0) is 37.6 Å². The Morgan fingerprint density at radius 2 is 1.71 bits per heavy atom. The first-order chi connectivity index (χ1) is 13.6. The third-order valence-electron chi connectivity index (χ3n) is 5.27. The van der Waals surface area contributed by atoms with E-state index in [9.17, 15) is 9.59 Å². The lowest BCUT2D eigenvalue weighted by atomic mass is 10.1. The van der Waals surface area contributed by atoms with Crippen molar-refractivity contribution in [2.75, 3.05) is 23.4 Å². The molecule has 2 heterocycles. The lowest BCUT2D eigenvalue weighted by molar-refractivity contribution is -0.123. The van der Waals surface area contributed by atoms with Crippen LogP contribution in [0.3, 0.4) is 0 Å². The summed E-state index contributed by atoms with van der Waals surface area (Å²) in [4.78, 5) is 27.0. The van der Waals surface area contributed by atoms with Crippen LogP contribution in [0.25, 0.3) is 0 Å². The van der Waals surface area contributed by atoms with Crippen LogP contribution in [-0.4, -0.2) is 47.5 Å². The number of anilines is 2. The molecular formula is C22H24N4O2. The van der Waals surface area contributed by atoms with Crippen molar-refractivity contribution in [1.29, 1.82) is 0 Å². The molecule has 2 aromatic carbocycles. The number of amides is 1. The fourth-order valence-corrected chi connectivity index (χ4v) is 3.79. The average molecular weight is 376 g/mol. The number of hydrogen-bond donors (Lipinski definition) is 1. The molecule has 0 aromatic heterocycles. The standard InChI is InChI=1S/C22H24N4O2/c1-16(27)21-14-20(24-26(21)19-10-6-3-7-11-19)22(28)25-13-12-18(15-25)23-17-8-4-2-5-9-17/h2-11,18,21,23H,12-15H2,1H3. The summed E-state index contributed by atoms with van der Waals surface area (Å²) >= 11 is 0. The van der Waals surface area contributed by atoms with Crippen LogP contribution in [0.5, 0.6) is 0 Å². The fraction of sp³-hybridized carbons (Fsp3) is 0.318. The second-order valence-corrected chi connectivity index (χ2v) is 7.30. The van der Waals surface area contributed by atoms with E-state index in [2.05, 4.69) is 10.4 Å². The maximum atomic E-state index is 13.0. The minimum Gasteiger partial charge on any atom is -0.380 e. The Kier molecular flexibility index (Phi) is 5.10. The number of nitrogens with zero attached hydrogens (tertiary/aromatic N) is 3. The number of benzene rings is 2. The van der Waals surface area contributed by atoms with Crippen molar-refractivity contribution < 1.29 is 9.59 Å². The van der Waals surface area contributed by atoms with Crippen LogP contribution in [0, 0.1) is 0 Å². The van der Waals surface area contributed by atoms with Gasteiger partial charge in [-0.1, -0.05) is 36.4 Å². The minimum absolute atomic E-state index is 0.0143. The predicted molar refractivity (Wildman–Crippen MR) is 110 cm³/mol. The van der Waals surface area contributed by atoms with E-state index in [1.54, 1.807) is 11.9 Å². The largest absolute Gasteiger partial charge is 0.380 e. The lowest BCUT2D eigenvalue weighted by Crippen LogP contribution is -2.37. The summed E-state index contributed by atoms with van der Waals surface area (Å²) in [6.07, 6.45) is 1.25. The van der Waals surface area contributed by atoms with Gasteiger partial charge in [0.1, 0.15) is 11.8 Å². The molecule has 2 unspecified atom stereocenters. The second kappa shape index (κ2) is 7.84. The predicted octanol–water partition coefficient (Wildman–Crippen LogP) is 2.92. The molecule has 1 fully saturated rings. The number of rotatable bonds is 5. The summed E-state index contributed by atoms with van der Waals surface area (Å²) < 4.78 is 0. The van der Waals surface area contributed by atoms with Crippen LogP contribution in [0.2, 0.25) is 0 Å². The molecule has 0 spiro atoms. The minimum atomic E-state index is -0.415. The van der Waals surface area contributed by atoms with Gasteiger partial charge in [0.2, 0.25) is 0 Å². The maximum Gasteiger partial charge on any atom is 0.270 e. The number of Topliss-reactive ketones (excluding diaryl/α,β-unsaturated/α-hetero) is 1. The van der Waals surface area contributed by atoms with Crippen molar-refractivity contribution >= 4 is 28.8 Å². The molecule has 0 aliphatic carbocycles. The number of likely N-dealkylation sites (tertiary alicyclic amines) is 1. The van der Waals surface area contributed by atoms with Crippen LogP contribution >= 0.6 is 0 Å². The van der Waals surface area contributed by atoms with E-state index in [0.29, 0.717) is 25.2 Å². The topological polar surface area (TPSA) is 65.0 Å². The van der Waals surface area contributed by atoms with Gasteiger partial charge < -0.3 is 10.2 Å². The van der Waals surface area contributed by atoms with E-state index in [1.165, 1.54) is 0 Å². The molecule has 2 aliphatic heterocycles. The summed E-state index contributed by atoms with van der Waals surface area (Å²) in [6, 6.07) is 19.4. The number of para-hydroxylation sites is 2. The van der Waals surface area contributed by atoms with Crippen LogP contribution < -0.4 is 10.3 Å². The molecule has 1 amide bonds. The molecule has 2 atom stereocenters. The Morgan fingerprint density at radius 3 is 2.39 bits per heavy atom. The number of ketones is 1. The van der Waals surface area contributed by atoms with Crippen molar-refractivity contribution in [3.8, 4) is 0 Å². The summed E-state index contributed by atoms with van der Waals surface area (Å²) in [5.74, 6) is -0.0533.